The number of aromatic nitrogens is 1. The molecule has 1 aromatic heterocycles. The van der Waals surface area contributed by atoms with E-state index in [0.717, 1.165) is 22.2 Å². The number of hydrogen-bond acceptors (Lipinski definition) is 4. The highest BCUT2D eigenvalue weighted by Crippen LogP contribution is 2.28. The zero-order valence-corrected chi connectivity index (χ0v) is 12.5. The maximum Gasteiger partial charge on any atom is 0.341 e. The number of rotatable bonds is 3. The molecule has 0 radical (unpaired) electrons. The van der Waals surface area contributed by atoms with Gasteiger partial charge in [-0.05, 0) is 30.7 Å². The van der Waals surface area contributed by atoms with E-state index in [-0.39, 0.29) is 0 Å². The molecule has 0 amide bonds. The lowest BCUT2D eigenvalue weighted by Gasteiger charge is -2.14. The molecule has 3 rings (SSSR count). The quantitative estimate of drug-likeness (QED) is 0.739. The van der Waals surface area contributed by atoms with E-state index in [4.69, 9.17) is 4.74 Å². The van der Waals surface area contributed by atoms with Crippen LogP contribution in [-0.4, -0.2) is 18.1 Å². The van der Waals surface area contributed by atoms with E-state index < -0.39 is 5.97 Å². The second-order valence-corrected chi connectivity index (χ2v) is 4.96. The molecule has 0 aliphatic carbocycles. The van der Waals surface area contributed by atoms with Gasteiger partial charge in [-0.2, -0.15) is 0 Å². The molecule has 2 aromatic carbocycles. The van der Waals surface area contributed by atoms with E-state index >= 15 is 0 Å². The van der Waals surface area contributed by atoms with Gasteiger partial charge >= 0.3 is 5.97 Å². The Labute approximate surface area is 128 Å². The first-order valence-corrected chi connectivity index (χ1v) is 7.00. The molecule has 4 heteroatoms. The number of pyridine rings is 1. The zero-order chi connectivity index (χ0) is 15.5. The molecule has 1 N–H and O–H groups in total. The van der Waals surface area contributed by atoms with E-state index in [0.29, 0.717) is 11.4 Å². The van der Waals surface area contributed by atoms with Crippen molar-refractivity contribution < 1.29 is 9.53 Å². The van der Waals surface area contributed by atoms with Crippen molar-refractivity contribution in [1.82, 2.24) is 4.98 Å². The van der Waals surface area contributed by atoms with Gasteiger partial charge in [-0.25, -0.2) is 9.78 Å². The van der Waals surface area contributed by atoms with Crippen molar-refractivity contribution in [3.8, 4) is 0 Å². The molecule has 3 aromatic rings. The minimum absolute atomic E-state index is 0.394. The summed E-state index contributed by atoms with van der Waals surface area (Å²) in [4.78, 5) is 16.8. The fraction of sp³-hybridized carbons (Fsp3) is 0.111. The van der Waals surface area contributed by atoms with Crippen LogP contribution in [0.15, 0.2) is 54.6 Å². The zero-order valence-electron chi connectivity index (χ0n) is 12.5. The van der Waals surface area contributed by atoms with Gasteiger partial charge in [0.05, 0.1) is 12.6 Å². The van der Waals surface area contributed by atoms with Gasteiger partial charge in [0, 0.05) is 11.1 Å². The Balaban J connectivity index is 2.20. The second-order valence-electron chi connectivity index (χ2n) is 4.96. The standard InChI is InChI=1S/C18H16N2O2/c1-12-14-10-6-7-11-15(14)20-17(16(12)18(21)22-2)19-13-8-4-3-5-9-13/h3-11H,1-2H3,(H,19,20). The lowest BCUT2D eigenvalue weighted by atomic mass is 10.0. The van der Waals surface area contributed by atoms with Crippen LogP contribution in [0.25, 0.3) is 10.9 Å². The molecule has 0 saturated carbocycles. The third-order valence-corrected chi connectivity index (χ3v) is 3.58. The Morgan fingerprint density at radius 1 is 1.05 bits per heavy atom. The van der Waals surface area contributed by atoms with Crippen LogP contribution in [0.1, 0.15) is 15.9 Å². The van der Waals surface area contributed by atoms with Crippen molar-refractivity contribution in [1.29, 1.82) is 0 Å². The number of esters is 1. The summed E-state index contributed by atoms with van der Waals surface area (Å²) in [5.41, 5.74) is 3.03. The molecule has 0 atom stereocenters. The van der Waals surface area contributed by atoms with E-state index in [1.807, 2.05) is 61.5 Å². The van der Waals surface area contributed by atoms with Crippen LogP contribution in [0.4, 0.5) is 11.5 Å². The molecule has 0 fully saturated rings. The molecule has 0 saturated heterocycles. The first kappa shape index (κ1) is 14.1. The van der Waals surface area contributed by atoms with Gasteiger partial charge in [0.15, 0.2) is 0 Å². The molecule has 0 aliphatic rings. The number of para-hydroxylation sites is 2. The topological polar surface area (TPSA) is 51.2 Å². The van der Waals surface area contributed by atoms with Crippen LogP contribution in [0.3, 0.4) is 0 Å². The number of aryl methyl sites for hydroxylation is 1. The molecule has 0 bridgehead atoms. The lowest BCUT2D eigenvalue weighted by molar-refractivity contribution is 0.0601. The largest absolute Gasteiger partial charge is 0.465 e. The summed E-state index contributed by atoms with van der Waals surface area (Å²) in [7, 11) is 1.38. The Morgan fingerprint density at radius 3 is 2.45 bits per heavy atom. The molecule has 0 aliphatic heterocycles. The third kappa shape index (κ3) is 2.51. The number of carbonyl (C=O) groups excluding carboxylic acids is 1. The van der Waals surface area contributed by atoms with Crippen molar-refractivity contribution in [2.45, 2.75) is 6.92 Å². The first-order chi connectivity index (χ1) is 10.7. The summed E-state index contributed by atoms with van der Waals surface area (Å²) in [5, 5.41) is 4.15. The summed E-state index contributed by atoms with van der Waals surface area (Å²) >= 11 is 0. The van der Waals surface area contributed by atoms with Crippen molar-refractivity contribution in [2.75, 3.05) is 12.4 Å². The molecule has 4 nitrogen and oxygen atoms in total. The predicted octanol–water partition coefficient (Wildman–Crippen LogP) is 4.07. The molecular weight excluding hydrogens is 276 g/mol. The smallest absolute Gasteiger partial charge is 0.341 e. The molecular formula is C18H16N2O2. The highest BCUT2D eigenvalue weighted by atomic mass is 16.5. The summed E-state index contributed by atoms with van der Waals surface area (Å²) in [6.07, 6.45) is 0. The molecule has 0 unspecified atom stereocenters. The number of hydrogen-bond donors (Lipinski definition) is 1. The summed E-state index contributed by atoms with van der Waals surface area (Å²) in [6.45, 7) is 1.91. The number of nitrogens with one attached hydrogen (secondary N) is 1. The highest BCUT2D eigenvalue weighted by Gasteiger charge is 2.19. The fourth-order valence-electron chi connectivity index (χ4n) is 2.48. The number of ether oxygens (including phenoxy) is 1. The first-order valence-electron chi connectivity index (χ1n) is 7.00. The van der Waals surface area contributed by atoms with Crippen molar-refractivity contribution in [2.24, 2.45) is 0 Å². The Hall–Kier alpha value is -2.88. The van der Waals surface area contributed by atoms with Gasteiger partial charge in [-0.1, -0.05) is 36.4 Å². The molecule has 1 heterocycles. The van der Waals surface area contributed by atoms with E-state index in [1.54, 1.807) is 0 Å². The minimum atomic E-state index is -0.394. The van der Waals surface area contributed by atoms with E-state index in [1.165, 1.54) is 7.11 Å². The Bertz CT molecular complexity index is 829. The van der Waals surface area contributed by atoms with Crippen LogP contribution < -0.4 is 5.32 Å². The lowest BCUT2D eigenvalue weighted by Crippen LogP contribution is -2.10. The summed E-state index contributed by atoms with van der Waals surface area (Å²) in [5.74, 6) is 0.114. The molecule has 0 spiro atoms. The summed E-state index contributed by atoms with van der Waals surface area (Å²) < 4.78 is 4.93. The maximum atomic E-state index is 12.2. The Morgan fingerprint density at radius 2 is 1.73 bits per heavy atom. The van der Waals surface area contributed by atoms with Gasteiger partial charge in [0.2, 0.25) is 0 Å². The maximum absolute atomic E-state index is 12.2. The van der Waals surface area contributed by atoms with Crippen LogP contribution in [-0.2, 0) is 4.74 Å². The van der Waals surface area contributed by atoms with Crippen LogP contribution >= 0.6 is 0 Å². The Kier molecular flexibility index (Phi) is 3.74. The average Bonchev–Trinajstić information content (AvgIpc) is 2.55. The predicted molar refractivity (Wildman–Crippen MR) is 87.5 cm³/mol. The van der Waals surface area contributed by atoms with E-state index in [9.17, 15) is 4.79 Å². The van der Waals surface area contributed by atoms with Gasteiger partial charge in [-0.3, -0.25) is 0 Å². The minimum Gasteiger partial charge on any atom is -0.465 e. The van der Waals surface area contributed by atoms with Crippen LogP contribution in [0, 0.1) is 6.92 Å². The SMILES string of the molecule is COC(=O)c1c(Nc2ccccc2)nc2ccccc2c1C. The third-order valence-electron chi connectivity index (χ3n) is 3.58. The second kappa shape index (κ2) is 5.85. The highest BCUT2D eigenvalue weighted by molar-refractivity contribution is 6.02. The average molecular weight is 292 g/mol. The van der Waals surface area contributed by atoms with Crippen molar-refractivity contribution >= 4 is 28.4 Å². The number of methoxy groups -OCH3 is 1. The van der Waals surface area contributed by atoms with E-state index in [2.05, 4.69) is 10.3 Å². The number of anilines is 2. The van der Waals surface area contributed by atoms with Crippen molar-refractivity contribution in [3.05, 3.63) is 65.7 Å². The van der Waals surface area contributed by atoms with Crippen LogP contribution in [0.2, 0.25) is 0 Å². The number of nitrogens with zero attached hydrogens (tertiary/aromatic N) is 1. The number of fused-ring (bicyclic) bond motifs is 1. The van der Waals surface area contributed by atoms with Crippen molar-refractivity contribution in [3.63, 3.8) is 0 Å². The normalized spacial score (nSPS) is 10.5. The number of benzene rings is 2. The van der Waals surface area contributed by atoms with Gasteiger partial charge in [-0.15, -0.1) is 0 Å². The molecule has 110 valence electrons. The molecule has 22 heavy (non-hydrogen) atoms. The van der Waals surface area contributed by atoms with Gasteiger partial charge < -0.3 is 10.1 Å². The van der Waals surface area contributed by atoms with Gasteiger partial charge in [0.25, 0.3) is 0 Å². The monoisotopic (exact) mass is 292 g/mol. The van der Waals surface area contributed by atoms with Crippen LogP contribution in [0.5, 0.6) is 0 Å². The summed E-state index contributed by atoms with van der Waals surface area (Å²) in [6, 6.07) is 17.4. The number of carbonyl (C=O) groups is 1. The van der Waals surface area contributed by atoms with Gasteiger partial charge in [0.1, 0.15) is 11.4 Å². The fourth-order valence-corrected chi connectivity index (χ4v) is 2.48.